The van der Waals surface area contributed by atoms with Gasteiger partial charge < -0.3 is 9.80 Å². The van der Waals surface area contributed by atoms with Crippen molar-refractivity contribution in [3.63, 3.8) is 0 Å². The molecule has 0 saturated carbocycles. The lowest BCUT2D eigenvalue weighted by Crippen LogP contribution is -2.67. The number of rotatable bonds is 5. The van der Waals surface area contributed by atoms with Gasteiger partial charge in [0.05, 0.1) is 11.4 Å². The molecule has 0 unspecified atom stereocenters. The van der Waals surface area contributed by atoms with Crippen molar-refractivity contribution in [1.82, 2.24) is 0 Å². The van der Waals surface area contributed by atoms with E-state index >= 15 is 0 Å². The first-order valence-corrected chi connectivity index (χ1v) is 21.9. The SMILES string of the molecule is CC(C)(C)c1ccc(N2c3cccc4c3B3c5c2cccc5C(C)(c2ccccc2)c2cccc(c23)N4c2ccc(C(C)(C)C)cc2-c2ccccc2)c(-c2ccccc2)c1. The smallest absolute Gasteiger partial charge is 0.252 e. The second-order valence-corrected chi connectivity index (χ2v) is 19.5. The fourth-order valence-electron chi connectivity index (χ4n) is 10.7. The predicted molar refractivity (Wildman–Crippen MR) is 261 cm³/mol. The van der Waals surface area contributed by atoms with E-state index in [4.69, 9.17) is 0 Å². The highest BCUT2D eigenvalue weighted by molar-refractivity contribution is 7.01. The van der Waals surface area contributed by atoms with Crippen molar-refractivity contribution in [3.05, 3.63) is 210 Å². The van der Waals surface area contributed by atoms with Gasteiger partial charge >= 0.3 is 0 Å². The molecule has 0 fully saturated rings. The number of anilines is 6. The highest BCUT2D eigenvalue weighted by Crippen LogP contribution is 2.53. The predicted octanol–water partition coefficient (Wildman–Crippen LogP) is 13.4. The molecule has 0 spiro atoms. The van der Waals surface area contributed by atoms with Crippen LogP contribution in [-0.2, 0) is 16.2 Å². The standard InChI is InChI=1S/C58H51BN2/c1-56(2,3)41-32-34-47(43(36-41)38-20-11-8-12-21-38)60-49-28-17-26-45-53(49)59-54-46(58(45,7)40-24-15-10-16-25-40)27-18-29-50(54)61(52-31-19-30-51(60)55(52)59)48-35-33-42(57(4,5)6)37-44(48)39-22-13-9-14-23-39/h8-37H,1-7H3. The van der Waals surface area contributed by atoms with Gasteiger partial charge in [-0.15, -0.1) is 0 Å². The third-order valence-corrected chi connectivity index (χ3v) is 13.9. The lowest BCUT2D eigenvalue weighted by molar-refractivity contribution is 0.590. The minimum absolute atomic E-state index is 0.00993. The largest absolute Gasteiger partial charge is 0.311 e. The Hall–Kier alpha value is -6.58. The normalized spacial score (nSPS) is 14.5. The Morgan fingerprint density at radius 2 is 0.754 bits per heavy atom. The second kappa shape index (κ2) is 13.5. The molecule has 8 aromatic carbocycles. The maximum Gasteiger partial charge on any atom is 0.252 e. The minimum atomic E-state index is -0.410. The lowest BCUT2D eigenvalue weighted by Gasteiger charge is -2.51. The van der Waals surface area contributed by atoms with Crippen LogP contribution >= 0.6 is 0 Å². The van der Waals surface area contributed by atoms with Crippen LogP contribution in [0.3, 0.4) is 0 Å². The Morgan fingerprint density at radius 1 is 0.377 bits per heavy atom. The van der Waals surface area contributed by atoms with Crippen LogP contribution in [0.15, 0.2) is 182 Å². The van der Waals surface area contributed by atoms with Crippen LogP contribution < -0.4 is 26.2 Å². The first-order valence-electron chi connectivity index (χ1n) is 21.9. The summed E-state index contributed by atoms with van der Waals surface area (Å²) >= 11 is 0. The summed E-state index contributed by atoms with van der Waals surface area (Å²) in [5.41, 5.74) is 22.7. The van der Waals surface area contributed by atoms with Crippen molar-refractivity contribution < 1.29 is 0 Å². The fraction of sp³-hybridized carbons (Fsp3) is 0.172. The molecule has 0 amide bonds. The Balaban J connectivity index is 1.27. The van der Waals surface area contributed by atoms with Gasteiger partial charge in [-0.05, 0) is 122 Å². The van der Waals surface area contributed by atoms with Gasteiger partial charge in [-0.2, -0.15) is 0 Å². The number of benzene rings is 8. The average molecular weight is 787 g/mol. The van der Waals surface area contributed by atoms with Crippen molar-refractivity contribution in [2.24, 2.45) is 0 Å². The van der Waals surface area contributed by atoms with Crippen LogP contribution in [0, 0.1) is 0 Å². The van der Waals surface area contributed by atoms with Crippen molar-refractivity contribution >= 4 is 57.2 Å². The van der Waals surface area contributed by atoms with E-state index in [1.165, 1.54) is 101 Å². The molecule has 0 bridgehead atoms. The summed E-state index contributed by atoms with van der Waals surface area (Å²) in [6.07, 6.45) is 0. The molecular formula is C58H51BN2. The van der Waals surface area contributed by atoms with Gasteiger partial charge in [0.1, 0.15) is 0 Å². The molecule has 0 aromatic heterocycles. The zero-order valence-electron chi connectivity index (χ0n) is 36.3. The zero-order valence-corrected chi connectivity index (χ0v) is 36.3. The topological polar surface area (TPSA) is 6.48 Å². The summed E-state index contributed by atoms with van der Waals surface area (Å²) < 4.78 is 0. The minimum Gasteiger partial charge on any atom is -0.311 e. The molecule has 0 saturated heterocycles. The van der Waals surface area contributed by atoms with E-state index in [0.717, 1.165) is 0 Å². The van der Waals surface area contributed by atoms with Gasteiger partial charge in [-0.25, -0.2) is 0 Å². The summed E-state index contributed by atoms with van der Waals surface area (Å²) in [6.45, 7) is 16.4. The van der Waals surface area contributed by atoms with Crippen LogP contribution in [0.25, 0.3) is 22.3 Å². The van der Waals surface area contributed by atoms with Gasteiger partial charge in [0.2, 0.25) is 0 Å². The van der Waals surface area contributed by atoms with E-state index in [-0.39, 0.29) is 17.5 Å². The molecule has 3 heteroatoms. The van der Waals surface area contributed by atoms with Crippen molar-refractivity contribution in [2.75, 3.05) is 9.80 Å². The summed E-state index contributed by atoms with van der Waals surface area (Å²) in [7, 11) is 0. The van der Waals surface area contributed by atoms with Crippen LogP contribution in [0.1, 0.15) is 76.3 Å². The highest BCUT2D eigenvalue weighted by atomic mass is 15.2. The summed E-state index contributed by atoms with van der Waals surface area (Å²) in [4.78, 5) is 5.21. The van der Waals surface area contributed by atoms with Crippen LogP contribution in [0.5, 0.6) is 0 Å². The third-order valence-electron chi connectivity index (χ3n) is 13.9. The second-order valence-electron chi connectivity index (χ2n) is 19.5. The van der Waals surface area contributed by atoms with Crippen LogP contribution in [0.4, 0.5) is 34.1 Å². The molecule has 0 atom stereocenters. The van der Waals surface area contributed by atoms with Gasteiger partial charge in [0, 0.05) is 39.3 Å². The molecule has 2 nitrogen and oxygen atoms in total. The van der Waals surface area contributed by atoms with E-state index in [9.17, 15) is 0 Å². The van der Waals surface area contributed by atoms with E-state index < -0.39 is 5.41 Å². The lowest BCUT2D eigenvalue weighted by atomic mass is 9.28. The number of hydrogen-bond donors (Lipinski definition) is 0. The molecule has 3 heterocycles. The van der Waals surface area contributed by atoms with E-state index in [1.54, 1.807) is 0 Å². The Morgan fingerprint density at radius 3 is 1.16 bits per heavy atom. The van der Waals surface area contributed by atoms with Gasteiger partial charge in [-0.1, -0.05) is 175 Å². The molecule has 3 aliphatic rings. The summed E-state index contributed by atoms with van der Waals surface area (Å²) in [5.74, 6) is 0. The molecule has 0 radical (unpaired) electrons. The van der Waals surface area contributed by atoms with Gasteiger partial charge in [0.15, 0.2) is 0 Å². The Bertz CT molecular complexity index is 2830. The Labute approximate surface area is 362 Å². The summed E-state index contributed by atoms with van der Waals surface area (Å²) in [5, 5.41) is 0. The van der Waals surface area contributed by atoms with E-state index in [2.05, 4.69) is 240 Å². The first kappa shape index (κ1) is 37.4. The highest BCUT2D eigenvalue weighted by Gasteiger charge is 2.53. The molecule has 296 valence electrons. The van der Waals surface area contributed by atoms with Crippen molar-refractivity contribution in [3.8, 4) is 22.3 Å². The number of nitrogens with zero attached hydrogens (tertiary/aromatic N) is 2. The Kier molecular flexibility index (Phi) is 8.26. The van der Waals surface area contributed by atoms with E-state index in [1.807, 2.05) is 0 Å². The monoisotopic (exact) mass is 786 g/mol. The van der Waals surface area contributed by atoms with Crippen molar-refractivity contribution in [1.29, 1.82) is 0 Å². The first-order chi connectivity index (χ1) is 29.4. The third kappa shape index (κ3) is 5.56. The molecule has 61 heavy (non-hydrogen) atoms. The maximum absolute atomic E-state index is 2.60. The van der Waals surface area contributed by atoms with Gasteiger partial charge in [-0.3, -0.25) is 0 Å². The molecule has 8 aromatic rings. The van der Waals surface area contributed by atoms with Crippen LogP contribution in [0.2, 0.25) is 0 Å². The van der Waals surface area contributed by atoms with Gasteiger partial charge in [0.25, 0.3) is 6.71 Å². The molecule has 11 rings (SSSR count). The molecule has 0 N–H and O–H groups in total. The average Bonchev–Trinajstić information content (AvgIpc) is 3.28. The maximum atomic E-state index is 2.60. The van der Waals surface area contributed by atoms with Crippen LogP contribution in [-0.4, -0.2) is 6.71 Å². The zero-order chi connectivity index (χ0) is 41.8. The summed E-state index contributed by atoms with van der Waals surface area (Å²) in [6, 6.07) is 68.8. The quantitative estimate of drug-likeness (QED) is 0.160. The molecule has 0 aliphatic carbocycles. The fourth-order valence-corrected chi connectivity index (χ4v) is 10.7. The number of hydrogen-bond acceptors (Lipinski definition) is 2. The van der Waals surface area contributed by atoms with Crippen molar-refractivity contribution in [2.45, 2.75) is 64.7 Å². The molecular weight excluding hydrogens is 735 g/mol. The molecule has 3 aliphatic heterocycles. The van der Waals surface area contributed by atoms with E-state index in [0.29, 0.717) is 0 Å².